The van der Waals surface area contributed by atoms with Gasteiger partial charge in [-0.25, -0.2) is 4.98 Å². The monoisotopic (exact) mass is 242 g/mol. The smallest absolute Gasteiger partial charge is 0.140 e. The highest BCUT2D eigenvalue weighted by Gasteiger charge is 2.34. The molecule has 0 aliphatic carbocycles. The average molecular weight is 242 g/mol. The fourth-order valence-corrected chi connectivity index (χ4v) is 3.23. The van der Waals surface area contributed by atoms with Gasteiger partial charge in [-0.2, -0.15) is 5.26 Å². The van der Waals surface area contributed by atoms with Gasteiger partial charge in [-0.3, -0.25) is 4.90 Å². The molecule has 94 valence electrons. The number of likely N-dealkylation sites (tertiary alicyclic amines) is 1. The van der Waals surface area contributed by atoms with Crippen molar-refractivity contribution in [1.29, 1.82) is 5.26 Å². The van der Waals surface area contributed by atoms with Crippen LogP contribution in [0.4, 0.5) is 0 Å². The van der Waals surface area contributed by atoms with Crippen molar-refractivity contribution in [1.82, 2.24) is 15.2 Å². The molecular formula is C14H18N4. The molecule has 0 aromatic carbocycles. The van der Waals surface area contributed by atoms with Gasteiger partial charge in [0.2, 0.25) is 0 Å². The molecule has 1 aromatic heterocycles. The number of hydrogen-bond donors (Lipinski definition) is 1. The zero-order valence-corrected chi connectivity index (χ0v) is 10.5. The Morgan fingerprint density at radius 1 is 1.50 bits per heavy atom. The first-order chi connectivity index (χ1) is 8.86. The molecule has 2 saturated heterocycles. The highest BCUT2D eigenvalue weighted by molar-refractivity contribution is 5.25. The SMILES string of the molecule is N#Cc1cc(CN2CCCC3CNCC32)ccn1. The molecule has 3 heterocycles. The van der Waals surface area contributed by atoms with Crippen LogP contribution in [0.3, 0.4) is 0 Å². The normalized spacial score (nSPS) is 27.7. The molecular weight excluding hydrogens is 224 g/mol. The summed E-state index contributed by atoms with van der Waals surface area (Å²) in [5, 5.41) is 12.4. The molecule has 2 aliphatic rings. The average Bonchev–Trinajstić information content (AvgIpc) is 2.88. The van der Waals surface area contributed by atoms with Gasteiger partial charge in [0.15, 0.2) is 0 Å². The summed E-state index contributed by atoms with van der Waals surface area (Å²) in [7, 11) is 0. The lowest BCUT2D eigenvalue weighted by atomic mass is 9.92. The number of rotatable bonds is 2. The lowest BCUT2D eigenvalue weighted by Gasteiger charge is -2.37. The van der Waals surface area contributed by atoms with E-state index in [1.54, 1.807) is 6.20 Å². The van der Waals surface area contributed by atoms with Crippen LogP contribution in [-0.4, -0.2) is 35.6 Å². The highest BCUT2D eigenvalue weighted by atomic mass is 15.2. The van der Waals surface area contributed by atoms with E-state index in [4.69, 9.17) is 5.26 Å². The minimum absolute atomic E-state index is 0.519. The number of hydrogen-bond acceptors (Lipinski definition) is 4. The van der Waals surface area contributed by atoms with E-state index in [-0.39, 0.29) is 0 Å². The lowest BCUT2D eigenvalue weighted by molar-refractivity contribution is 0.117. The van der Waals surface area contributed by atoms with Crippen LogP contribution >= 0.6 is 0 Å². The molecule has 18 heavy (non-hydrogen) atoms. The molecule has 0 bridgehead atoms. The molecule has 0 saturated carbocycles. The van der Waals surface area contributed by atoms with E-state index in [0.29, 0.717) is 11.7 Å². The standard InChI is InChI=1S/C14H18N4/c15-7-13-6-11(3-4-17-13)10-18-5-1-2-12-8-16-9-14(12)18/h3-4,6,12,14,16H,1-2,5,8-10H2. The highest BCUT2D eigenvalue weighted by Crippen LogP contribution is 2.27. The molecule has 0 amide bonds. The van der Waals surface area contributed by atoms with Crippen molar-refractivity contribution in [2.45, 2.75) is 25.4 Å². The Morgan fingerprint density at radius 2 is 2.44 bits per heavy atom. The largest absolute Gasteiger partial charge is 0.315 e. The minimum Gasteiger partial charge on any atom is -0.315 e. The predicted octanol–water partition coefficient (Wildman–Crippen LogP) is 1.14. The maximum atomic E-state index is 8.88. The van der Waals surface area contributed by atoms with E-state index >= 15 is 0 Å². The Morgan fingerprint density at radius 3 is 3.33 bits per heavy atom. The van der Waals surface area contributed by atoms with Crippen molar-refractivity contribution in [2.75, 3.05) is 19.6 Å². The number of nitriles is 1. The van der Waals surface area contributed by atoms with Gasteiger partial charge in [-0.1, -0.05) is 0 Å². The van der Waals surface area contributed by atoms with Crippen LogP contribution in [-0.2, 0) is 6.54 Å². The van der Waals surface area contributed by atoms with E-state index in [2.05, 4.69) is 21.3 Å². The molecule has 0 radical (unpaired) electrons. The van der Waals surface area contributed by atoms with Gasteiger partial charge in [0.05, 0.1) is 0 Å². The van der Waals surface area contributed by atoms with Crippen LogP contribution in [0.25, 0.3) is 0 Å². The number of piperidine rings is 1. The summed E-state index contributed by atoms with van der Waals surface area (Å²) >= 11 is 0. The summed E-state index contributed by atoms with van der Waals surface area (Å²) in [5.41, 5.74) is 1.72. The van der Waals surface area contributed by atoms with Crippen molar-refractivity contribution in [3.63, 3.8) is 0 Å². The minimum atomic E-state index is 0.519. The Kier molecular flexibility index (Phi) is 3.26. The third-order valence-corrected chi connectivity index (χ3v) is 4.12. The van der Waals surface area contributed by atoms with Gasteiger partial charge >= 0.3 is 0 Å². The molecule has 2 atom stereocenters. The van der Waals surface area contributed by atoms with Crippen molar-refractivity contribution in [2.24, 2.45) is 5.92 Å². The van der Waals surface area contributed by atoms with Crippen molar-refractivity contribution < 1.29 is 0 Å². The first-order valence-corrected chi connectivity index (χ1v) is 6.66. The second kappa shape index (κ2) is 5.05. The fraction of sp³-hybridized carbons (Fsp3) is 0.571. The van der Waals surface area contributed by atoms with Gasteiger partial charge in [0, 0.05) is 25.3 Å². The number of fused-ring (bicyclic) bond motifs is 1. The summed E-state index contributed by atoms with van der Waals surface area (Å²) in [6, 6.07) is 6.72. The summed E-state index contributed by atoms with van der Waals surface area (Å²) in [6.07, 6.45) is 4.38. The van der Waals surface area contributed by atoms with Crippen LogP contribution in [0.2, 0.25) is 0 Å². The molecule has 2 unspecified atom stereocenters. The molecule has 4 nitrogen and oxygen atoms in total. The van der Waals surface area contributed by atoms with Gasteiger partial charge in [0.1, 0.15) is 11.8 Å². The number of aromatic nitrogens is 1. The van der Waals surface area contributed by atoms with Gasteiger partial charge < -0.3 is 5.32 Å². The third-order valence-electron chi connectivity index (χ3n) is 4.12. The van der Waals surface area contributed by atoms with E-state index in [9.17, 15) is 0 Å². The number of nitrogens with one attached hydrogen (secondary N) is 1. The van der Waals surface area contributed by atoms with Gasteiger partial charge in [-0.15, -0.1) is 0 Å². The van der Waals surface area contributed by atoms with Crippen LogP contribution < -0.4 is 5.32 Å². The lowest BCUT2D eigenvalue weighted by Crippen LogP contribution is -2.44. The van der Waals surface area contributed by atoms with Gasteiger partial charge in [-0.05, 0) is 49.5 Å². The summed E-state index contributed by atoms with van der Waals surface area (Å²) in [4.78, 5) is 6.59. The zero-order valence-electron chi connectivity index (χ0n) is 10.5. The maximum absolute atomic E-state index is 8.88. The molecule has 1 N–H and O–H groups in total. The van der Waals surface area contributed by atoms with Gasteiger partial charge in [0.25, 0.3) is 0 Å². The topological polar surface area (TPSA) is 52.0 Å². The van der Waals surface area contributed by atoms with Crippen LogP contribution in [0.1, 0.15) is 24.1 Å². The molecule has 2 aliphatic heterocycles. The molecule has 2 fully saturated rings. The van der Waals surface area contributed by atoms with E-state index < -0.39 is 0 Å². The maximum Gasteiger partial charge on any atom is 0.140 e. The Balaban J connectivity index is 1.73. The first-order valence-electron chi connectivity index (χ1n) is 6.66. The van der Waals surface area contributed by atoms with Crippen LogP contribution in [0.5, 0.6) is 0 Å². The molecule has 4 heteroatoms. The zero-order chi connectivity index (χ0) is 12.4. The molecule has 3 rings (SSSR count). The van der Waals surface area contributed by atoms with E-state index in [1.165, 1.54) is 31.5 Å². The number of pyridine rings is 1. The first kappa shape index (κ1) is 11.6. The van der Waals surface area contributed by atoms with Crippen molar-refractivity contribution in [3.8, 4) is 6.07 Å². The molecule has 0 spiro atoms. The van der Waals surface area contributed by atoms with Crippen molar-refractivity contribution >= 4 is 0 Å². The predicted molar refractivity (Wildman–Crippen MR) is 68.7 cm³/mol. The van der Waals surface area contributed by atoms with E-state index in [0.717, 1.165) is 19.0 Å². The Labute approximate surface area is 108 Å². The van der Waals surface area contributed by atoms with Crippen LogP contribution in [0.15, 0.2) is 18.3 Å². The quantitative estimate of drug-likeness (QED) is 0.845. The second-order valence-electron chi connectivity index (χ2n) is 5.26. The number of nitrogens with zero attached hydrogens (tertiary/aromatic N) is 3. The second-order valence-corrected chi connectivity index (χ2v) is 5.26. The molecule has 1 aromatic rings. The summed E-state index contributed by atoms with van der Waals surface area (Å²) in [6.45, 7) is 4.40. The Hall–Kier alpha value is -1.44. The van der Waals surface area contributed by atoms with Crippen molar-refractivity contribution in [3.05, 3.63) is 29.6 Å². The third kappa shape index (κ3) is 2.24. The fourth-order valence-electron chi connectivity index (χ4n) is 3.23. The Bertz CT molecular complexity index is 465. The van der Waals surface area contributed by atoms with E-state index in [1.807, 2.05) is 12.1 Å². The van der Waals surface area contributed by atoms with Crippen LogP contribution in [0, 0.1) is 17.2 Å². The summed E-state index contributed by atoms with van der Waals surface area (Å²) < 4.78 is 0. The summed E-state index contributed by atoms with van der Waals surface area (Å²) in [5.74, 6) is 0.816.